The molecular weight excluding hydrogens is 538 g/mol. The second-order valence-corrected chi connectivity index (χ2v) is 19.5. The van der Waals surface area contributed by atoms with Gasteiger partial charge in [0.2, 0.25) is 0 Å². The minimum atomic E-state index is -3.40. The number of halogens is 2. The summed E-state index contributed by atoms with van der Waals surface area (Å²) in [5.41, 5.74) is 0. The van der Waals surface area contributed by atoms with E-state index in [-0.39, 0.29) is 0 Å². The predicted octanol–water partition coefficient (Wildman–Crippen LogP) is 3.49. The van der Waals surface area contributed by atoms with Crippen LogP contribution in [-0.2, 0) is 13.1 Å². The molecule has 4 nitrogen and oxygen atoms in total. The molecule has 2 aliphatic heterocycles. The van der Waals surface area contributed by atoms with Crippen molar-refractivity contribution in [2.24, 2.45) is 0 Å². The van der Waals surface area contributed by atoms with Gasteiger partial charge in [-0.25, -0.2) is 0 Å². The molecule has 25 heavy (non-hydrogen) atoms. The van der Waals surface area contributed by atoms with Crippen LogP contribution >= 0.6 is 18.8 Å². The van der Waals surface area contributed by atoms with Gasteiger partial charge in [0.25, 0.3) is 0 Å². The van der Waals surface area contributed by atoms with Gasteiger partial charge in [0.15, 0.2) is 0 Å². The zero-order valence-corrected chi connectivity index (χ0v) is 20.8. The van der Waals surface area contributed by atoms with Crippen molar-refractivity contribution in [3.8, 4) is 0 Å². The molecule has 0 aromatic rings. The van der Waals surface area contributed by atoms with Crippen LogP contribution in [-0.4, -0.2) is 78.2 Å². The Morgan fingerprint density at radius 1 is 0.560 bits per heavy atom. The Labute approximate surface area is 165 Å². The zero-order valence-electron chi connectivity index (χ0n) is 17.0. The molecule has 0 atom stereocenters. The summed E-state index contributed by atoms with van der Waals surface area (Å²) in [5.74, 6) is 0. The van der Waals surface area contributed by atoms with Crippen molar-refractivity contribution in [1.82, 2.24) is 19.6 Å². The van der Waals surface area contributed by atoms with Crippen molar-refractivity contribution in [2.45, 2.75) is 79.6 Å². The van der Waals surface area contributed by atoms with Gasteiger partial charge in [0.1, 0.15) is 0 Å². The van der Waals surface area contributed by atoms with E-state index in [9.17, 15) is 0 Å². The van der Waals surface area contributed by atoms with Crippen molar-refractivity contribution < 1.29 is 13.1 Å². The van der Waals surface area contributed by atoms with Crippen LogP contribution in [0, 0.1) is 0 Å². The molecule has 0 bridgehead atoms. The van der Waals surface area contributed by atoms with Crippen LogP contribution in [0.5, 0.6) is 0 Å². The van der Waals surface area contributed by atoms with Crippen LogP contribution in [0.2, 0.25) is 0 Å². The van der Waals surface area contributed by atoms with E-state index < -0.39 is 13.1 Å². The number of nitrogens with zero attached hydrogens (tertiary/aromatic N) is 4. The van der Waals surface area contributed by atoms with E-state index in [2.05, 4.69) is 75.0 Å². The van der Waals surface area contributed by atoms with Gasteiger partial charge >= 0.3 is 166 Å². The van der Waals surface area contributed by atoms with Crippen LogP contribution in [0.25, 0.3) is 0 Å². The van der Waals surface area contributed by atoms with Gasteiger partial charge in [0, 0.05) is 0 Å². The van der Waals surface area contributed by atoms with E-state index in [1.807, 2.05) is 0 Å². The third-order valence-electron chi connectivity index (χ3n) is 4.89. The molecule has 0 aromatic heterocycles. The van der Waals surface area contributed by atoms with Gasteiger partial charge in [-0.05, 0) is 0 Å². The fraction of sp³-hybridized carbons (Fsp3) is 0.889. The summed E-state index contributed by atoms with van der Waals surface area (Å²) in [5, 5.41) is 0. The third kappa shape index (κ3) is 4.31. The van der Waals surface area contributed by atoms with Crippen LogP contribution in [0.15, 0.2) is 0 Å². The molecule has 7 heteroatoms. The number of hydrogen-bond donors (Lipinski definition) is 0. The van der Waals surface area contributed by atoms with Crippen molar-refractivity contribution in [2.75, 3.05) is 26.2 Å². The van der Waals surface area contributed by atoms with Crippen LogP contribution in [0.3, 0.4) is 0 Å². The molecule has 0 aromatic carbocycles. The molecule has 0 radical (unpaired) electrons. The van der Waals surface area contributed by atoms with Crippen LogP contribution < -0.4 is 0 Å². The van der Waals surface area contributed by atoms with Crippen molar-refractivity contribution in [3.05, 3.63) is 0 Å². The Morgan fingerprint density at radius 2 is 0.760 bits per heavy atom. The molecular formula is C18H36Cl2N4Pt. The van der Waals surface area contributed by atoms with Gasteiger partial charge in [-0.15, -0.1) is 0 Å². The predicted molar refractivity (Wildman–Crippen MR) is 109 cm³/mol. The first kappa shape index (κ1) is 22.1. The number of rotatable bonds is 4. The molecule has 0 spiro atoms. The van der Waals surface area contributed by atoms with Gasteiger partial charge in [-0.1, -0.05) is 0 Å². The molecule has 2 fully saturated rings. The monoisotopic (exact) mass is 573 g/mol. The summed E-state index contributed by atoms with van der Waals surface area (Å²) in [6.07, 6.45) is 0. The molecule has 0 saturated carbocycles. The van der Waals surface area contributed by atoms with E-state index in [4.69, 9.17) is 18.8 Å². The van der Waals surface area contributed by atoms with Crippen molar-refractivity contribution >= 4 is 27.1 Å². The molecule has 2 saturated heterocycles. The summed E-state index contributed by atoms with van der Waals surface area (Å²) in [7, 11) is 14.8. The SMILES string of the molecule is CC(C)N1CCN(C(C)C)[C]1=[Pt]([Cl])([Cl])=[C]1N(C(C)C)CCN1C(C)C. The Hall–Kier alpha value is 0.848. The van der Waals surface area contributed by atoms with Crippen LogP contribution in [0.1, 0.15) is 55.4 Å². The second kappa shape index (κ2) is 8.47. The summed E-state index contributed by atoms with van der Waals surface area (Å²) < 4.78 is 2.46. The summed E-state index contributed by atoms with van der Waals surface area (Å²) >= 11 is -3.40. The molecule has 0 N–H and O–H groups in total. The maximum atomic E-state index is 7.41. The topological polar surface area (TPSA) is 13.0 Å². The second-order valence-electron chi connectivity index (χ2n) is 7.99. The first-order valence-corrected chi connectivity index (χ1v) is 17.3. The van der Waals surface area contributed by atoms with Gasteiger partial charge in [-0.2, -0.15) is 0 Å². The standard InChI is InChI=1S/2C9H18N2.2ClH.Pt/c2*1-8(2)10-5-6-11(7-10)9(3)4;;;/h2*8-9H,5-6H2,1-4H3;2*1H;/q;;;;+2/p-2. The Balaban J connectivity index is 2.82. The molecule has 2 rings (SSSR count). The quantitative estimate of drug-likeness (QED) is 0.510. The maximum absolute atomic E-state index is 7.41. The fourth-order valence-electron chi connectivity index (χ4n) is 3.44. The number of hydrogen-bond acceptors (Lipinski definition) is 4. The van der Waals surface area contributed by atoms with Gasteiger partial charge in [-0.3, -0.25) is 0 Å². The summed E-state index contributed by atoms with van der Waals surface area (Å²) in [4.78, 5) is 9.83. The normalized spacial score (nSPS) is 23.4. The summed E-state index contributed by atoms with van der Waals surface area (Å²) in [6.45, 7) is 22.0. The first-order chi connectivity index (χ1) is 11.5. The van der Waals surface area contributed by atoms with Gasteiger partial charge < -0.3 is 0 Å². The molecule has 0 amide bonds. The molecule has 0 unspecified atom stereocenters. The van der Waals surface area contributed by atoms with Gasteiger partial charge in [0.05, 0.1) is 0 Å². The molecule has 152 valence electrons. The van der Waals surface area contributed by atoms with E-state index in [0.29, 0.717) is 24.2 Å². The Morgan fingerprint density at radius 3 is 0.920 bits per heavy atom. The minimum absolute atomic E-state index is 0.418. The van der Waals surface area contributed by atoms with Crippen molar-refractivity contribution in [3.63, 3.8) is 0 Å². The first-order valence-electron chi connectivity index (χ1n) is 9.37. The van der Waals surface area contributed by atoms with Crippen molar-refractivity contribution in [1.29, 1.82) is 0 Å². The third-order valence-corrected chi connectivity index (χ3v) is 13.6. The Kier molecular flexibility index (Phi) is 7.50. The summed E-state index contributed by atoms with van der Waals surface area (Å²) in [6, 6.07) is 1.67. The average Bonchev–Trinajstić information content (AvgIpc) is 3.12. The molecule has 2 heterocycles. The van der Waals surface area contributed by atoms with E-state index >= 15 is 0 Å². The Bertz CT molecular complexity index is 514. The van der Waals surface area contributed by atoms with E-state index in [0.717, 1.165) is 26.2 Å². The van der Waals surface area contributed by atoms with E-state index in [1.54, 1.807) is 0 Å². The average molecular weight is 574 g/mol. The fourth-order valence-corrected chi connectivity index (χ4v) is 15.0. The molecule has 2 aliphatic rings. The van der Waals surface area contributed by atoms with Crippen LogP contribution in [0.4, 0.5) is 0 Å². The van der Waals surface area contributed by atoms with E-state index in [1.165, 1.54) is 8.29 Å². The molecule has 0 aliphatic carbocycles. The zero-order chi connectivity index (χ0) is 19.1.